The molecule has 0 radical (unpaired) electrons. The molecule has 42 heavy (non-hydrogen) atoms. The molecule has 1 aromatic heterocycles. The van der Waals surface area contributed by atoms with E-state index in [-0.39, 0.29) is 29.5 Å². The average Bonchev–Trinajstić information content (AvgIpc) is 3.58. The number of halogens is 3. The van der Waals surface area contributed by atoms with Crippen LogP contribution in [0.2, 0.25) is 0 Å². The van der Waals surface area contributed by atoms with Gasteiger partial charge in [-0.15, -0.1) is 5.10 Å². The second-order valence-corrected chi connectivity index (χ2v) is 10.6. The summed E-state index contributed by atoms with van der Waals surface area (Å²) in [6, 6.07) is 10.6. The molecule has 1 saturated heterocycles. The summed E-state index contributed by atoms with van der Waals surface area (Å²) in [5, 5.41) is 26.1. The van der Waals surface area contributed by atoms with E-state index < -0.39 is 29.4 Å². The second kappa shape index (κ2) is 11.1. The minimum Gasteiger partial charge on any atom is -0.466 e. The zero-order valence-electron chi connectivity index (χ0n) is 23.1. The van der Waals surface area contributed by atoms with E-state index in [0.717, 1.165) is 38.1 Å². The molecule has 3 aromatic rings. The normalized spacial score (nSPS) is 18.1. The number of ether oxygens (including phenoxy) is 1. The molecule has 0 amide bonds. The Labute approximate surface area is 239 Å². The summed E-state index contributed by atoms with van der Waals surface area (Å²) in [5.41, 5.74) is 0.358. The molecule has 5 rings (SSSR count). The van der Waals surface area contributed by atoms with Crippen molar-refractivity contribution in [2.75, 3.05) is 38.3 Å². The van der Waals surface area contributed by atoms with Crippen molar-refractivity contribution in [2.24, 2.45) is 0 Å². The number of fused-ring (bicyclic) bond motifs is 1. The number of nitrogens with one attached hydrogen (secondary N) is 1. The maximum atomic E-state index is 13.6. The molecule has 13 heteroatoms. The number of aromatic amines is 1. The summed E-state index contributed by atoms with van der Waals surface area (Å²) in [4.78, 5) is 28.1. The number of quaternary nitrogens is 1. The van der Waals surface area contributed by atoms with Gasteiger partial charge in [-0.1, -0.05) is 12.1 Å². The van der Waals surface area contributed by atoms with E-state index in [1.165, 1.54) is 28.7 Å². The van der Waals surface area contributed by atoms with Crippen molar-refractivity contribution in [1.82, 2.24) is 14.8 Å². The summed E-state index contributed by atoms with van der Waals surface area (Å²) in [6.07, 6.45) is -2.68. The fraction of sp³-hybridized carbons (Fsp3) is 0.379. The molecule has 10 nitrogen and oxygen atoms in total. The molecule has 1 atom stereocenters. The van der Waals surface area contributed by atoms with Gasteiger partial charge >= 0.3 is 17.8 Å². The van der Waals surface area contributed by atoms with E-state index in [4.69, 9.17) is 4.74 Å². The predicted octanol–water partition coefficient (Wildman–Crippen LogP) is 3.75. The monoisotopic (exact) mass is 583 g/mol. The highest BCUT2D eigenvalue weighted by atomic mass is 19.4. The van der Waals surface area contributed by atoms with Crippen molar-refractivity contribution >= 4 is 17.6 Å². The van der Waals surface area contributed by atoms with Gasteiger partial charge in [0.05, 0.1) is 49.6 Å². The Morgan fingerprint density at radius 3 is 2.62 bits per heavy atom. The lowest BCUT2D eigenvalue weighted by Gasteiger charge is -2.38. The van der Waals surface area contributed by atoms with Gasteiger partial charge in [0.2, 0.25) is 5.95 Å². The summed E-state index contributed by atoms with van der Waals surface area (Å²) in [5.74, 6) is -0.783. The first-order chi connectivity index (χ1) is 20.0. The van der Waals surface area contributed by atoms with Crippen molar-refractivity contribution in [3.05, 3.63) is 86.5 Å². The fourth-order valence-corrected chi connectivity index (χ4v) is 6.20. The molecular formula is C29H30F3N6O4+. The smallest absolute Gasteiger partial charge is 0.416 e. The molecule has 0 saturated carbocycles. The van der Waals surface area contributed by atoms with Crippen molar-refractivity contribution in [2.45, 2.75) is 38.5 Å². The number of anilines is 2. The number of aliphatic hydroxyl groups excluding tert-OH is 1. The molecule has 0 spiro atoms. The van der Waals surface area contributed by atoms with E-state index in [1.807, 2.05) is 0 Å². The third-order valence-electron chi connectivity index (χ3n) is 8.14. The number of likely N-dealkylation sites (tertiary alicyclic amines) is 1. The molecule has 2 aromatic carbocycles. The fourth-order valence-electron chi connectivity index (χ4n) is 6.20. The lowest BCUT2D eigenvalue weighted by Crippen LogP contribution is -2.47. The minimum atomic E-state index is -4.62. The number of nitriles is 1. The van der Waals surface area contributed by atoms with Gasteiger partial charge in [-0.3, -0.25) is 4.90 Å². The van der Waals surface area contributed by atoms with Crippen molar-refractivity contribution in [1.29, 1.82) is 5.26 Å². The van der Waals surface area contributed by atoms with Crippen LogP contribution in [0.25, 0.3) is 0 Å². The SMILES string of the molecule is COC(=O)C1=C(C)N(c2cccc(C(F)(F)F)c2)c2n[nH]c(=O)n2C1c1ccc(C#N)cc1C[N+]1(CCO)CCCC1. The molecule has 2 aliphatic heterocycles. The molecule has 1 fully saturated rings. The van der Waals surface area contributed by atoms with Gasteiger partial charge in [-0.2, -0.15) is 18.4 Å². The number of alkyl halides is 3. The zero-order valence-corrected chi connectivity index (χ0v) is 23.1. The first kappa shape index (κ1) is 29.1. The largest absolute Gasteiger partial charge is 0.466 e. The van der Waals surface area contributed by atoms with Crippen LogP contribution in [-0.4, -0.2) is 63.7 Å². The van der Waals surface area contributed by atoms with E-state index in [2.05, 4.69) is 16.3 Å². The second-order valence-electron chi connectivity index (χ2n) is 10.6. The van der Waals surface area contributed by atoms with Crippen LogP contribution in [0.1, 0.15) is 48.1 Å². The van der Waals surface area contributed by atoms with E-state index in [9.17, 15) is 33.1 Å². The van der Waals surface area contributed by atoms with E-state index in [0.29, 0.717) is 34.3 Å². The first-order valence-corrected chi connectivity index (χ1v) is 13.5. The number of carbonyl (C=O) groups is 1. The third-order valence-corrected chi connectivity index (χ3v) is 8.14. The Morgan fingerprint density at radius 1 is 1.24 bits per heavy atom. The Balaban J connectivity index is 1.75. The third kappa shape index (κ3) is 5.08. The number of hydrogen-bond donors (Lipinski definition) is 2. The number of nitrogens with zero attached hydrogens (tertiary/aromatic N) is 5. The number of aliphatic hydroxyl groups is 1. The molecule has 220 valence electrons. The minimum absolute atomic E-state index is 0.00906. The van der Waals surface area contributed by atoms with Crippen LogP contribution in [-0.2, 0) is 22.3 Å². The van der Waals surface area contributed by atoms with Gasteiger partial charge in [0, 0.05) is 29.8 Å². The highest BCUT2D eigenvalue weighted by molar-refractivity contribution is 5.93. The van der Waals surface area contributed by atoms with Crippen molar-refractivity contribution in [3.8, 4) is 6.07 Å². The molecule has 2 aliphatic rings. The van der Waals surface area contributed by atoms with Crippen LogP contribution in [0.15, 0.2) is 58.5 Å². The Hall–Kier alpha value is -4.41. The highest BCUT2D eigenvalue weighted by Crippen LogP contribution is 2.44. The van der Waals surface area contributed by atoms with E-state index >= 15 is 0 Å². The van der Waals surface area contributed by atoms with Crippen LogP contribution < -0.4 is 10.6 Å². The van der Waals surface area contributed by atoms with E-state index in [1.54, 1.807) is 25.1 Å². The van der Waals surface area contributed by atoms with Crippen molar-refractivity contribution in [3.63, 3.8) is 0 Å². The number of carbonyl (C=O) groups excluding carboxylic acids is 1. The number of allylic oxidation sites excluding steroid dienone is 1. The summed E-state index contributed by atoms with van der Waals surface area (Å²) < 4.78 is 47.8. The standard InChI is InChI=1S/C29H29F3N6O4/c1-18-24(26(40)42-2)25(23-9-8-19(16-33)14-20(23)17-38(12-13-39)10-3-4-11-38)37-27(34-35-28(37)41)36(18)22-7-5-6-21(15-22)29(30,31)32/h5-9,14-15,25,39H,3-4,10-13,17H2,1-2H3/p+1. The maximum Gasteiger partial charge on any atom is 0.416 e. The van der Waals surface area contributed by atoms with Crippen LogP contribution in [0.4, 0.5) is 24.8 Å². The Morgan fingerprint density at radius 2 is 1.98 bits per heavy atom. The quantitative estimate of drug-likeness (QED) is 0.321. The summed E-state index contributed by atoms with van der Waals surface area (Å²) in [7, 11) is 1.19. The van der Waals surface area contributed by atoms with Crippen LogP contribution in [0.3, 0.4) is 0 Å². The molecule has 3 heterocycles. The van der Waals surface area contributed by atoms with Gasteiger partial charge in [0.15, 0.2) is 0 Å². The Bertz CT molecular complexity index is 1650. The van der Waals surface area contributed by atoms with Gasteiger partial charge in [0.1, 0.15) is 19.1 Å². The number of esters is 1. The number of aromatic nitrogens is 3. The van der Waals surface area contributed by atoms with Crippen LogP contribution >= 0.6 is 0 Å². The van der Waals surface area contributed by atoms with Gasteiger partial charge in [-0.05, 0) is 42.8 Å². The van der Waals surface area contributed by atoms with Gasteiger partial charge in [-0.25, -0.2) is 19.3 Å². The summed E-state index contributed by atoms with van der Waals surface area (Å²) >= 11 is 0. The first-order valence-electron chi connectivity index (χ1n) is 13.5. The molecule has 0 aliphatic carbocycles. The maximum absolute atomic E-state index is 13.6. The number of hydrogen-bond acceptors (Lipinski definition) is 7. The lowest BCUT2D eigenvalue weighted by molar-refractivity contribution is -0.930. The molecular weight excluding hydrogens is 553 g/mol. The lowest BCUT2D eigenvalue weighted by atomic mass is 9.89. The molecule has 2 N–H and O–H groups in total. The number of benzene rings is 2. The molecule has 1 unspecified atom stereocenters. The summed E-state index contributed by atoms with van der Waals surface area (Å²) in [6.45, 7) is 4.11. The van der Waals surface area contributed by atoms with Crippen LogP contribution in [0.5, 0.6) is 0 Å². The zero-order chi connectivity index (χ0) is 30.2. The van der Waals surface area contributed by atoms with Crippen LogP contribution in [0, 0.1) is 11.3 Å². The number of H-pyrrole nitrogens is 1. The average molecular weight is 584 g/mol. The predicted molar refractivity (Wildman–Crippen MR) is 145 cm³/mol. The number of rotatable bonds is 7. The van der Waals surface area contributed by atoms with Gasteiger partial charge in [0.25, 0.3) is 0 Å². The molecule has 0 bridgehead atoms. The highest BCUT2D eigenvalue weighted by Gasteiger charge is 2.42. The topological polar surface area (TPSA) is 124 Å². The van der Waals surface area contributed by atoms with Crippen molar-refractivity contribution < 1.29 is 32.3 Å². The van der Waals surface area contributed by atoms with Gasteiger partial charge < -0.3 is 14.3 Å². The number of methoxy groups -OCH3 is 1. The Kier molecular flexibility index (Phi) is 7.70.